The Kier molecular flexibility index (Phi) is 11.7. The third kappa shape index (κ3) is 8.08. The third-order valence-corrected chi connectivity index (χ3v) is 14.2. The molecule has 2 saturated heterocycles. The van der Waals surface area contributed by atoms with E-state index in [9.17, 15) is 19.2 Å². The molecule has 2 aromatic heterocycles. The van der Waals surface area contributed by atoms with Crippen molar-refractivity contribution in [3.05, 3.63) is 84.7 Å². The Morgan fingerprint density at radius 1 is 0.703 bits per heavy atom. The van der Waals surface area contributed by atoms with Crippen molar-refractivity contribution in [2.45, 2.75) is 94.8 Å². The number of amides is 4. The van der Waals surface area contributed by atoms with Crippen molar-refractivity contribution in [2.24, 2.45) is 11.3 Å². The summed E-state index contributed by atoms with van der Waals surface area (Å²) in [6.45, 7) is 4.12. The molecule has 3 aromatic carbocycles. The lowest BCUT2D eigenvalue weighted by Crippen LogP contribution is -2.56. The number of alkyl carbamates (subject to hydrolysis) is 2. The molecule has 8 atom stereocenters. The fourth-order valence-electron chi connectivity index (χ4n) is 10.2. The zero-order chi connectivity index (χ0) is 44.9. The van der Waals surface area contributed by atoms with Gasteiger partial charge in [-0.2, -0.15) is 0 Å². The molecule has 2 saturated carbocycles. The number of carbonyl (C=O) groups is 4. The minimum Gasteiger partial charge on any atom is -0.453 e. The first kappa shape index (κ1) is 43.0. The lowest BCUT2D eigenvalue weighted by Gasteiger charge is -2.37. The standard InChI is InChI=1S/C48H56N8O8/c1-26(61-3)39(53-46(59)63-5)44(57)55-25-48(17-18-48)22-38(55)42-49-24-37(51-42)33-14-13-31-19-30(11-12-32(31)20-33)28-7-9-29(10-8-28)36-23-50-43(52-36)41-34-15-16-35(21-34)56(41)45(58)40(27(2)62-4)54-47(60)64-6/h7-14,19-20,23-24,26-27,34-35,38-41H,15-18,21-22,25H2,1-6H3,(H,49,51)(H,50,52)(H,53,59)(H,54,60)/t26-,27?,34-,35+,38-,39?,40-,41-/m0/s1. The Hall–Kier alpha value is -6.26. The molecule has 336 valence electrons. The highest BCUT2D eigenvalue weighted by molar-refractivity contribution is 5.91. The predicted octanol–water partition coefficient (Wildman–Crippen LogP) is 6.91. The lowest BCUT2D eigenvalue weighted by molar-refractivity contribution is -0.141. The van der Waals surface area contributed by atoms with Crippen LogP contribution in [-0.4, -0.2) is 119 Å². The van der Waals surface area contributed by atoms with Gasteiger partial charge < -0.3 is 49.3 Å². The van der Waals surface area contributed by atoms with Crippen LogP contribution in [0.25, 0.3) is 44.4 Å². The number of methoxy groups -OCH3 is 4. The molecule has 2 unspecified atom stereocenters. The van der Waals surface area contributed by atoms with Crippen molar-refractivity contribution in [3.8, 4) is 33.6 Å². The maximum Gasteiger partial charge on any atom is 0.407 e. The van der Waals surface area contributed by atoms with E-state index in [0.717, 1.165) is 94.6 Å². The summed E-state index contributed by atoms with van der Waals surface area (Å²) < 4.78 is 20.6. The number of nitrogens with zero attached hydrogens (tertiary/aromatic N) is 4. The number of H-pyrrole nitrogens is 2. The minimum absolute atomic E-state index is 0.0684. The van der Waals surface area contributed by atoms with E-state index < -0.39 is 36.5 Å². The van der Waals surface area contributed by atoms with Gasteiger partial charge in [0.25, 0.3) is 0 Å². The first-order valence-corrected chi connectivity index (χ1v) is 22.0. The first-order valence-electron chi connectivity index (χ1n) is 22.0. The van der Waals surface area contributed by atoms with Crippen LogP contribution in [0.1, 0.15) is 76.1 Å². The summed E-state index contributed by atoms with van der Waals surface area (Å²) in [5.41, 5.74) is 5.91. The molecule has 5 aromatic rings. The molecule has 2 bridgehead atoms. The molecule has 9 rings (SSSR count). The molecule has 2 aliphatic carbocycles. The Balaban J connectivity index is 0.894. The molecular weight excluding hydrogens is 817 g/mol. The molecule has 0 radical (unpaired) electrons. The van der Waals surface area contributed by atoms with Gasteiger partial charge in [-0.15, -0.1) is 0 Å². The zero-order valence-electron chi connectivity index (χ0n) is 37.1. The molecule has 4 fully saturated rings. The van der Waals surface area contributed by atoms with Gasteiger partial charge in [-0.25, -0.2) is 19.6 Å². The number of piperidine rings is 1. The van der Waals surface area contributed by atoms with Crippen LogP contribution < -0.4 is 10.6 Å². The van der Waals surface area contributed by atoms with E-state index in [1.54, 1.807) is 13.8 Å². The Labute approximate surface area is 371 Å². The second-order valence-corrected chi connectivity index (χ2v) is 17.9. The van der Waals surface area contributed by atoms with Gasteiger partial charge in [0.2, 0.25) is 11.8 Å². The van der Waals surface area contributed by atoms with Crippen LogP contribution in [0.2, 0.25) is 0 Å². The maximum absolute atomic E-state index is 14.1. The molecule has 16 nitrogen and oxygen atoms in total. The van der Waals surface area contributed by atoms with Gasteiger partial charge in [0, 0.05) is 32.4 Å². The highest BCUT2D eigenvalue weighted by atomic mass is 16.5. The zero-order valence-corrected chi connectivity index (χ0v) is 37.1. The highest BCUT2D eigenvalue weighted by Crippen LogP contribution is 2.58. The minimum atomic E-state index is -0.899. The number of likely N-dealkylation sites (tertiary alicyclic amines) is 2. The molecule has 1 spiro atoms. The molecule has 16 heteroatoms. The van der Waals surface area contributed by atoms with Crippen molar-refractivity contribution in [1.82, 2.24) is 40.4 Å². The normalized spacial score (nSPS) is 22.6. The summed E-state index contributed by atoms with van der Waals surface area (Å²) in [5, 5.41) is 7.54. The van der Waals surface area contributed by atoms with Crippen LogP contribution in [0, 0.1) is 11.3 Å². The van der Waals surface area contributed by atoms with Crippen molar-refractivity contribution in [1.29, 1.82) is 0 Å². The molecule has 4 N–H and O–H groups in total. The summed E-state index contributed by atoms with van der Waals surface area (Å²) in [5.74, 6) is 1.31. The summed E-state index contributed by atoms with van der Waals surface area (Å²) in [6, 6.07) is 18.9. The average molecular weight is 873 g/mol. The number of ether oxygens (including phenoxy) is 4. The topological polar surface area (TPSA) is 193 Å². The van der Waals surface area contributed by atoms with Gasteiger partial charge >= 0.3 is 12.2 Å². The second kappa shape index (κ2) is 17.4. The Morgan fingerprint density at radius 2 is 1.25 bits per heavy atom. The van der Waals surface area contributed by atoms with Crippen molar-refractivity contribution in [3.63, 3.8) is 0 Å². The van der Waals surface area contributed by atoms with E-state index in [1.165, 1.54) is 28.4 Å². The monoisotopic (exact) mass is 872 g/mol. The van der Waals surface area contributed by atoms with E-state index in [1.807, 2.05) is 22.2 Å². The number of hydrogen-bond donors (Lipinski definition) is 4. The number of benzene rings is 3. The van der Waals surface area contributed by atoms with Crippen molar-refractivity contribution < 1.29 is 38.1 Å². The summed E-state index contributed by atoms with van der Waals surface area (Å²) in [4.78, 5) is 72.8. The van der Waals surface area contributed by atoms with Gasteiger partial charge in [0.05, 0.1) is 62.3 Å². The van der Waals surface area contributed by atoms with Crippen LogP contribution in [0.5, 0.6) is 0 Å². The predicted molar refractivity (Wildman–Crippen MR) is 238 cm³/mol. The van der Waals surface area contributed by atoms with Crippen molar-refractivity contribution >= 4 is 34.8 Å². The van der Waals surface area contributed by atoms with Crippen LogP contribution >= 0.6 is 0 Å². The van der Waals surface area contributed by atoms with Crippen molar-refractivity contribution in [2.75, 3.05) is 35.0 Å². The number of carbonyl (C=O) groups excluding carboxylic acids is 4. The number of nitrogens with one attached hydrogen (secondary N) is 4. The van der Waals surface area contributed by atoms with E-state index in [2.05, 4.69) is 81.3 Å². The molecule has 64 heavy (non-hydrogen) atoms. The lowest BCUT2D eigenvalue weighted by atomic mass is 9.96. The number of imidazole rings is 2. The largest absolute Gasteiger partial charge is 0.453 e. The van der Waals surface area contributed by atoms with E-state index in [0.29, 0.717) is 6.54 Å². The molecule has 4 aliphatic rings. The number of fused-ring (bicyclic) bond motifs is 3. The second-order valence-electron chi connectivity index (χ2n) is 17.9. The number of aromatic amines is 2. The summed E-state index contributed by atoms with van der Waals surface area (Å²) >= 11 is 0. The fourth-order valence-corrected chi connectivity index (χ4v) is 10.2. The van der Waals surface area contributed by atoms with Gasteiger partial charge in [0.15, 0.2) is 0 Å². The van der Waals surface area contributed by atoms with E-state index in [4.69, 9.17) is 28.9 Å². The number of aromatic nitrogens is 4. The van der Waals surface area contributed by atoms with Gasteiger partial charge in [-0.1, -0.05) is 48.5 Å². The van der Waals surface area contributed by atoms with Gasteiger partial charge in [0.1, 0.15) is 23.7 Å². The van der Waals surface area contributed by atoms with Crippen LogP contribution in [0.4, 0.5) is 9.59 Å². The summed E-state index contributed by atoms with van der Waals surface area (Å²) in [7, 11) is 5.59. The van der Waals surface area contributed by atoms with E-state index in [-0.39, 0.29) is 41.3 Å². The van der Waals surface area contributed by atoms with E-state index >= 15 is 0 Å². The smallest absolute Gasteiger partial charge is 0.407 e. The molecule has 2 aliphatic heterocycles. The maximum atomic E-state index is 14.1. The first-order chi connectivity index (χ1) is 30.9. The molecule has 4 heterocycles. The Morgan fingerprint density at radius 3 is 1.88 bits per heavy atom. The number of rotatable bonds is 13. The third-order valence-electron chi connectivity index (χ3n) is 14.2. The molecule has 4 amide bonds. The highest BCUT2D eigenvalue weighted by Gasteiger charge is 2.56. The molecular formula is C48H56N8O8. The van der Waals surface area contributed by atoms with Gasteiger partial charge in [-0.3, -0.25) is 9.59 Å². The van der Waals surface area contributed by atoms with Gasteiger partial charge in [-0.05, 0) is 103 Å². The quantitative estimate of drug-likeness (QED) is 0.0966. The number of hydrogen-bond acceptors (Lipinski definition) is 10. The fraction of sp³-hybridized carbons (Fsp3) is 0.458. The Bertz CT molecular complexity index is 2550. The average Bonchev–Trinajstić information content (AvgIpc) is 3.96. The SMILES string of the molecule is COC(=O)NC(C(=O)N1CC2(CC2)C[C@H]1c1ncc(-c2ccc3cc(-c4ccc(-c5cnc([C@@H]6[C@H]7CC[C@H](C7)N6C(=O)[C@@H](NC(=O)OC)C(C)OC)[nH]5)cc4)ccc3c2)[nH]1)[C@H](C)OC. The van der Waals surface area contributed by atoms with Crippen LogP contribution in [0.3, 0.4) is 0 Å². The van der Waals surface area contributed by atoms with Crippen LogP contribution in [-0.2, 0) is 28.5 Å². The summed E-state index contributed by atoms with van der Waals surface area (Å²) in [6.07, 6.45) is 6.91. The van der Waals surface area contributed by atoms with Crippen LogP contribution in [0.15, 0.2) is 73.1 Å².